The standard InChI is InChI=1S/C14H21N5O3/c1-9-16-13(19(21)22)8-17(9)5-4-14(20)18-6-10-2-3-12(15)11(10)7-18/h8,10-12H,2-7,15H2,1H3. The summed E-state index contributed by atoms with van der Waals surface area (Å²) in [7, 11) is 0. The van der Waals surface area contributed by atoms with Gasteiger partial charge in [0.25, 0.3) is 0 Å². The Kier molecular flexibility index (Phi) is 3.86. The van der Waals surface area contributed by atoms with Crippen LogP contribution in [0.3, 0.4) is 0 Å². The second kappa shape index (κ2) is 5.68. The van der Waals surface area contributed by atoms with Crippen LogP contribution < -0.4 is 5.73 Å². The largest absolute Gasteiger partial charge is 0.381 e. The molecule has 1 aliphatic carbocycles. The van der Waals surface area contributed by atoms with Gasteiger partial charge in [0.1, 0.15) is 6.20 Å². The lowest BCUT2D eigenvalue weighted by molar-refractivity contribution is -0.389. The number of rotatable bonds is 4. The highest BCUT2D eigenvalue weighted by molar-refractivity contribution is 5.76. The molecule has 2 fully saturated rings. The second-order valence-electron chi connectivity index (χ2n) is 6.31. The maximum absolute atomic E-state index is 12.3. The van der Waals surface area contributed by atoms with Crippen molar-refractivity contribution in [1.29, 1.82) is 0 Å². The normalized spacial score (nSPS) is 27.2. The zero-order chi connectivity index (χ0) is 15.9. The molecule has 1 aromatic heterocycles. The minimum absolute atomic E-state index is 0.0948. The average molecular weight is 307 g/mol. The Morgan fingerprint density at radius 3 is 2.91 bits per heavy atom. The number of hydrogen-bond acceptors (Lipinski definition) is 5. The first-order valence-corrected chi connectivity index (χ1v) is 7.67. The van der Waals surface area contributed by atoms with Gasteiger partial charge in [-0.1, -0.05) is 0 Å². The Labute approximate surface area is 128 Å². The minimum atomic E-state index is -0.519. The van der Waals surface area contributed by atoms with Gasteiger partial charge in [-0.2, -0.15) is 0 Å². The first kappa shape index (κ1) is 15.0. The number of carbonyl (C=O) groups is 1. The van der Waals surface area contributed by atoms with Crippen LogP contribution in [0, 0.1) is 28.9 Å². The molecular formula is C14H21N5O3. The molecule has 2 heterocycles. The SMILES string of the molecule is Cc1nc([N+](=O)[O-])cn1CCC(=O)N1CC2CCC(N)C2C1. The van der Waals surface area contributed by atoms with Crippen molar-refractivity contribution in [1.82, 2.24) is 14.5 Å². The van der Waals surface area contributed by atoms with Gasteiger partial charge >= 0.3 is 5.82 Å². The molecule has 1 amide bonds. The summed E-state index contributed by atoms with van der Waals surface area (Å²) < 4.78 is 1.67. The molecule has 1 aliphatic heterocycles. The van der Waals surface area contributed by atoms with E-state index in [1.54, 1.807) is 11.5 Å². The predicted molar refractivity (Wildman–Crippen MR) is 79.0 cm³/mol. The van der Waals surface area contributed by atoms with Gasteiger partial charge < -0.3 is 25.3 Å². The van der Waals surface area contributed by atoms with Crippen molar-refractivity contribution in [2.24, 2.45) is 17.6 Å². The Morgan fingerprint density at radius 1 is 1.50 bits per heavy atom. The van der Waals surface area contributed by atoms with Crippen molar-refractivity contribution in [2.45, 2.75) is 38.8 Å². The highest BCUT2D eigenvalue weighted by Crippen LogP contribution is 2.37. The Balaban J connectivity index is 1.56. The van der Waals surface area contributed by atoms with E-state index in [-0.39, 0.29) is 17.8 Å². The van der Waals surface area contributed by atoms with Crippen LogP contribution in [0.25, 0.3) is 0 Å². The number of nitrogens with zero attached hydrogens (tertiary/aromatic N) is 4. The Bertz CT molecular complexity index is 599. The predicted octanol–water partition coefficient (Wildman–Crippen LogP) is 0.686. The van der Waals surface area contributed by atoms with Crippen LogP contribution in [0.4, 0.5) is 5.82 Å². The molecule has 2 N–H and O–H groups in total. The lowest BCUT2D eigenvalue weighted by Crippen LogP contribution is -2.33. The smallest absolute Gasteiger partial charge is 0.358 e. The van der Waals surface area contributed by atoms with Gasteiger partial charge in [0, 0.05) is 39.0 Å². The van der Waals surface area contributed by atoms with Crippen LogP contribution in [0.1, 0.15) is 25.1 Å². The fraction of sp³-hybridized carbons (Fsp3) is 0.714. The van der Waals surface area contributed by atoms with Crippen LogP contribution >= 0.6 is 0 Å². The molecule has 3 rings (SSSR count). The highest BCUT2D eigenvalue weighted by Gasteiger charge is 2.42. The van der Waals surface area contributed by atoms with Crippen LogP contribution in [0.5, 0.6) is 0 Å². The zero-order valence-electron chi connectivity index (χ0n) is 12.6. The molecule has 3 atom stereocenters. The summed E-state index contributed by atoms with van der Waals surface area (Å²) in [6.07, 6.45) is 3.90. The molecule has 8 heteroatoms. The van der Waals surface area contributed by atoms with E-state index in [9.17, 15) is 14.9 Å². The Hall–Kier alpha value is -1.96. The summed E-state index contributed by atoms with van der Waals surface area (Å²) in [5, 5.41) is 10.7. The lowest BCUT2D eigenvalue weighted by Gasteiger charge is -2.18. The third-order valence-corrected chi connectivity index (χ3v) is 4.98. The van der Waals surface area contributed by atoms with Gasteiger partial charge in [0.05, 0.1) is 0 Å². The van der Waals surface area contributed by atoms with Crippen molar-refractivity contribution in [3.05, 3.63) is 22.1 Å². The van der Waals surface area contributed by atoms with E-state index >= 15 is 0 Å². The summed E-state index contributed by atoms with van der Waals surface area (Å²) in [6.45, 7) is 3.69. The molecule has 3 unspecified atom stereocenters. The number of hydrogen-bond donors (Lipinski definition) is 1. The molecule has 1 saturated heterocycles. The zero-order valence-corrected chi connectivity index (χ0v) is 12.6. The van der Waals surface area contributed by atoms with Gasteiger partial charge in [-0.15, -0.1) is 0 Å². The van der Waals surface area contributed by atoms with Gasteiger partial charge in [-0.25, -0.2) is 0 Å². The summed E-state index contributed by atoms with van der Waals surface area (Å²) in [4.78, 5) is 28.3. The van der Waals surface area contributed by atoms with E-state index in [1.165, 1.54) is 6.20 Å². The van der Waals surface area contributed by atoms with Crippen LogP contribution in [-0.2, 0) is 11.3 Å². The summed E-state index contributed by atoms with van der Waals surface area (Å²) in [5.41, 5.74) is 6.08. The van der Waals surface area contributed by atoms with Crippen molar-refractivity contribution >= 4 is 11.7 Å². The van der Waals surface area contributed by atoms with E-state index in [1.807, 2.05) is 4.90 Å². The van der Waals surface area contributed by atoms with Gasteiger partial charge in [0.15, 0.2) is 0 Å². The molecule has 2 aliphatic rings. The number of nitro groups is 1. The van der Waals surface area contributed by atoms with Crippen LogP contribution in [0.15, 0.2) is 6.20 Å². The van der Waals surface area contributed by atoms with Crippen molar-refractivity contribution < 1.29 is 9.72 Å². The van der Waals surface area contributed by atoms with Crippen molar-refractivity contribution in [3.63, 3.8) is 0 Å². The number of likely N-dealkylation sites (tertiary alicyclic amines) is 1. The quantitative estimate of drug-likeness (QED) is 0.650. The average Bonchev–Trinajstić information content (AvgIpc) is 3.13. The second-order valence-corrected chi connectivity index (χ2v) is 6.31. The number of aryl methyl sites for hydroxylation is 2. The van der Waals surface area contributed by atoms with Gasteiger partial charge in [0.2, 0.25) is 11.7 Å². The van der Waals surface area contributed by atoms with Gasteiger partial charge in [-0.05, 0) is 34.6 Å². The monoisotopic (exact) mass is 307 g/mol. The van der Waals surface area contributed by atoms with Crippen molar-refractivity contribution in [3.8, 4) is 0 Å². The van der Waals surface area contributed by atoms with Gasteiger partial charge in [-0.3, -0.25) is 4.79 Å². The third kappa shape index (κ3) is 2.70. The molecule has 120 valence electrons. The van der Waals surface area contributed by atoms with Crippen LogP contribution in [-0.4, -0.2) is 44.4 Å². The lowest BCUT2D eigenvalue weighted by atomic mass is 9.98. The third-order valence-electron chi connectivity index (χ3n) is 4.98. The maximum atomic E-state index is 12.3. The number of fused-ring (bicyclic) bond motifs is 1. The number of nitrogens with two attached hydrogens (primary N) is 1. The van der Waals surface area contributed by atoms with E-state index in [4.69, 9.17) is 5.73 Å². The van der Waals surface area contributed by atoms with Crippen molar-refractivity contribution in [2.75, 3.05) is 13.1 Å². The molecule has 0 spiro atoms. The number of aromatic nitrogens is 2. The number of amides is 1. The van der Waals surface area contributed by atoms with E-state index < -0.39 is 4.92 Å². The molecule has 8 nitrogen and oxygen atoms in total. The summed E-state index contributed by atoms with van der Waals surface area (Å²) >= 11 is 0. The van der Waals surface area contributed by atoms with Crippen LogP contribution in [0.2, 0.25) is 0 Å². The molecule has 0 bridgehead atoms. The maximum Gasteiger partial charge on any atom is 0.381 e. The summed E-state index contributed by atoms with van der Waals surface area (Å²) in [5.74, 6) is 1.47. The first-order chi connectivity index (χ1) is 10.5. The van der Waals surface area contributed by atoms with E-state index in [2.05, 4.69) is 4.98 Å². The number of carbonyl (C=O) groups excluding carboxylic acids is 1. The minimum Gasteiger partial charge on any atom is -0.358 e. The molecule has 1 saturated carbocycles. The first-order valence-electron chi connectivity index (χ1n) is 7.67. The molecular weight excluding hydrogens is 286 g/mol. The fourth-order valence-electron chi connectivity index (χ4n) is 3.69. The summed E-state index contributed by atoms with van der Waals surface area (Å²) in [6, 6.07) is 0.223. The highest BCUT2D eigenvalue weighted by atomic mass is 16.6. The fourth-order valence-corrected chi connectivity index (χ4v) is 3.69. The molecule has 22 heavy (non-hydrogen) atoms. The van der Waals surface area contributed by atoms with E-state index in [0.29, 0.717) is 30.6 Å². The molecule has 0 aromatic carbocycles. The van der Waals surface area contributed by atoms with E-state index in [0.717, 1.165) is 25.9 Å². The molecule has 1 aromatic rings. The number of imidazole rings is 1. The molecule has 0 radical (unpaired) electrons. The Morgan fingerprint density at radius 2 is 2.27 bits per heavy atom. The topological polar surface area (TPSA) is 107 Å².